The molecule has 2 atom stereocenters. The van der Waals surface area contributed by atoms with Gasteiger partial charge in [-0.05, 0) is 32.6 Å². The van der Waals surface area contributed by atoms with Crippen LogP contribution in [0.1, 0.15) is 36.8 Å². The minimum Gasteiger partial charge on any atom is -0.480 e. The van der Waals surface area contributed by atoms with Crippen molar-refractivity contribution in [2.24, 2.45) is 5.92 Å². The number of carbonyl (C=O) groups is 2. The van der Waals surface area contributed by atoms with Crippen molar-refractivity contribution in [2.45, 2.75) is 46.1 Å². The molecular weight excluding hydrogens is 260 g/mol. The second kappa shape index (κ2) is 5.64. The minimum absolute atomic E-state index is 0.0186. The first kappa shape index (κ1) is 14.6. The Bertz CT molecular complexity index is 504. The fourth-order valence-corrected chi connectivity index (χ4v) is 2.85. The molecule has 1 fully saturated rings. The summed E-state index contributed by atoms with van der Waals surface area (Å²) < 4.78 is 5.04. The SMILES string of the molecule is Cc1noc(C)c1CC(=O)N1CCCC(C)C1C(=O)O. The Hall–Kier alpha value is -1.85. The number of rotatable bonds is 3. The van der Waals surface area contributed by atoms with Crippen LogP contribution in [-0.2, 0) is 16.0 Å². The van der Waals surface area contributed by atoms with Crippen LogP contribution in [0.2, 0.25) is 0 Å². The van der Waals surface area contributed by atoms with Gasteiger partial charge in [0, 0.05) is 12.1 Å². The van der Waals surface area contributed by atoms with E-state index in [1.165, 1.54) is 4.90 Å². The third kappa shape index (κ3) is 2.69. The van der Waals surface area contributed by atoms with E-state index in [4.69, 9.17) is 4.52 Å². The van der Waals surface area contributed by atoms with Gasteiger partial charge in [-0.25, -0.2) is 4.79 Å². The maximum atomic E-state index is 12.4. The first-order valence-electron chi connectivity index (χ1n) is 6.85. The van der Waals surface area contributed by atoms with Gasteiger partial charge < -0.3 is 14.5 Å². The van der Waals surface area contributed by atoms with Gasteiger partial charge in [0.2, 0.25) is 5.91 Å². The lowest BCUT2D eigenvalue weighted by Crippen LogP contribution is -2.52. The van der Waals surface area contributed by atoms with Gasteiger partial charge in [-0.15, -0.1) is 0 Å². The number of aliphatic carboxylic acids is 1. The van der Waals surface area contributed by atoms with E-state index in [-0.39, 0.29) is 18.2 Å². The molecule has 110 valence electrons. The molecule has 20 heavy (non-hydrogen) atoms. The third-order valence-corrected chi connectivity index (χ3v) is 4.02. The van der Waals surface area contributed by atoms with Crippen molar-refractivity contribution in [1.29, 1.82) is 0 Å². The third-order valence-electron chi connectivity index (χ3n) is 4.02. The summed E-state index contributed by atoms with van der Waals surface area (Å²) in [5, 5.41) is 13.2. The molecule has 1 N–H and O–H groups in total. The molecular formula is C14H20N2O4. The zero-order chi connectivity index (χ0) is 14.9. The maximum absolute atomic E-state index is 12.4. The first-order valence-corrected chi connectivity index (χ1v) is 6.85. The average molecular weight is 280 g/mol. The molecule has 1 aromatic rings. The standard InChI is InChI=1S/C14H20N2O4/c1-8-5-4-6-16(13(8)14(18)19)12(17)7-11-9(2)15-20-10(11)3/h8,13H,4-7H2,1-3H3,(H,18,19). The molecule has 0 radical (unpaired) electrons. The number of hydrogen-bond donors (Lipinski definition) is 1. The van der Waals surface area contributed by atoms with E-state index in [1.807, 2.05) is 6.92 Å². The van der Waals surface area contributed by atoms with Crippen molar-refractivity contribution in [2.75, 3.05) is 6.54 Å². The van der Waals surface area contributed by atoms with E-state index in [0.29, 0.717) is 18.0 Å². The molecule has 1 aliphatic rings. The predicted octanol–water partition coefficient (Wildman–Crippen LogP) is 1.55. The van der Waals surface area contributed by atoms with Crippen LogP contribution in [0.15, 0.2) is 4.52 Å². The molecule has 0 saturated carbocycles. The molecule has 1 saturated heterocycles. The van der Waals surface area contributed by atoms with E-state index >= 15 is 0 Å². The summed E-state index contributed by atoms with van der Waals surface area (Å²) in [7, 11) is 0. The number of nitrogens with zero attached hydrogens (tertiary/aromatic N) is 2. The molecule has 2 rings (SSSR count). The molecule has 6 nitrogen and oxygen atoms in total. The van der Waals surface area contributed by atoms with Gasteiger partial charge in [0.15, 0.2) is 0 Å². The highest BCUT2D eigenvalue weighted by Gasteiger charge is 2.37. The summed E-state index contributed by atoms with van der Waals surface area (Å²) in [6.45, 7) is 5.93. The smallest absolute Gasteiger partial charge is 0.326 e. The number of hydrogen-bond acceptors (Lipinski definition) is 4. The van der Waals surface area contributed by atoms with E-state index in [9.17, 15) is 14.7 Å². The Morgan fingerprint density at radius 3 is 2.70 bits per heavy atom. The maximum Gasteiger partial charge on any atom is 0.326 e. The quantitative estimate of drug-likeness (QED) is 0.908. The van der Waals surface area contributed by atoms with E-state index in [2.05, 4.69) is 5.16 Å². The number of carbonyl (C=O) groups excluding carboxylic acids is 1. The molecule has 0 aromatic carbocycles. The van der Waals surface area contributed by atoms with E-state index in [0.717, 1.165) is 18.4 Å². The minimum atomic E-state index is -0.927. The van der Waals surface area contributed by atoms with Crippen LogP contribution in [0, 0.1) is 19.8 Å². The Morgan fingerprint density at radius 2 is 2.15 bits per heavy atom. The van der Waals surface area contributed by atoms with Crippen LogP contribution in [0.5, 0.6) is 0 Å². The molecule has 1 aliphatic heterocycles. The molecule has 1 amide bonds. The van der Waals surface area contributed by atoms with Crippen molar-refractivity contribution >= 4 is 11.9 Å². The predicted molar refractivity (Wildman–Crippen MR) is 71.2 cm³/mol. The van der Waals surface area contributed by atoms with Gasteiger partial charge in [0.1, 0.15) is 11.8 Å². The fourth-order valence-electron chi connectivity index (χ4n) is 2.85. The summed E-state index contributed by atoms with van der Waals surface area (Å²) in [6, 6.07) is -0.725. The Kier molecular flexibility index (Phi) is 4.11. The number of likely N-dealkylation sites (tertiary alicyclic amines) is 1. The number of piperidine rings is 1. The fraction of sp³-hybridized carbons (Fsp3) is 0.643. The van der Waals surface area contributed by atoms with Gasteiger partial charge >= 0.3 is 5.97 Å². The van der Waals surface area contributed by atoms with Crippen LogP contribution in [-0.4, -0.2) is 39.6 Å². The van der Waals surface area contributed by atoms with Gasteiger partial charge in [0.05, 0.1) is 12.1 Å². The number of aromatic nitrogens is 1. The highest BCUT2D eigenvalue weighted by molar-refractivity contribution is 5.85. The lowest BCUT2D eigenvalue weighted by atomic mass is 9.90. The molecule has 0 aliphatic carbocycles. The topological polar surface area (TPSA) is 83.6 Å². The van der Waals surface area contributed by atoms with Crippen LogP contribution in [0.3, 0.4) is 0 Å². The van der Waals surface area contributed by atoms with E-state index < -0.39 is 12.0 Å². The molecule has 0 bridgehead atoms. The number of aryl methyl sites for hydroxylation is 2. The average Bonchev–Trinajstić information content (AvgIpc) is 2.69. The summed E-state index contributed by atoms with van der Waals surface area (Å²) in [4.78, 5) is 25.3. The second-order valence-corrected chi connectivity index (χ2v) is 5.47. The van der Waals surface area contributed by atoms with Gasteiger partial charge in [0.25, 0.3) is 0 Å². The normalized spacial score (nSPS) is 22.9. The summed E-state index contributed by atoms with van der Waals surface area (Å²) >= 11 is 0. The second-order valence-electron chi connectivity index (χ2n) is 5.47. The van der Waals surface area contributed by atoms with Crippen molar-refractivity contribution in [3.8, 4) is 0 Å². The van der Waals surface area contributed by atoms with Crippen LogP contribution in [0.4, 0.5) is 0 Å². The van der Waals surface area contributed by atoms with Gasteiger partial charge in [-0.1, -0.05) is 12.1 Å². The zero-order valence-electron chi connectivity index (χ0n) is 12.0. The molecule has 0 spiro atoms. The van der Waals surface area contributed by atoms with Crippen molar-refractivity contribution in [3.05, 3.63) is 17.0 Å². The van der Waals surface area contributed by atoms with E-state index in [1.54, 1.807) is 13.8 Å². The molecule has 1 aromatic heterocycles. The number of amides is 1. The Balaban J connectivity index is 2.17. The van der Waals surface area contributed by atoms with Gasteiger partial charge in [-0.2, -0.15) is 0 Å². The number of carboxylic acids is 1. The molecule has 2 heterocycles. The summed E-state index contributed by atoms with van der Waals surface area (Å²) in [5.41, 5.74) is 1.45. The molecule has 2 unspecified atom stereocenters. The lowest BCUT2D eigenvalue weighted by molar-refractivity contribution is -0.154. The largest absolute Gasteiger partial charge is 0.480 e. The van der Waals surface area contributed by atoms with Crippen molar-refractivity contribution in [1.82, 2.24) is 10.1 Å². The lowest BCUT2D eigenvalue weighted by Gasteiger charge is -2.37. The van der Waals surface area contributed by atoms with Crippen LogP contribution < -0.4 is 0 Å². The summed E-state index contributed by atoms with van der Waals surface area (Å²) in [6.07, 6.45) is 1.84. The van der Waals surface area contributed by atoms with Crippen LogP contribution >= 0.6 is 0 Å². The van der Waals surface area contributed by atoms with Crippen molar-refractivity contribution in [3.63, 3.8) is 0 Å². The highest BCUT2D eigenvalue weighted by atomic mass is 16.5. The monoisotopic (exact) mass is 280 g/mol. The first-order chi connectivity index (χ1) is 9.41. The summed E-state index contributed by atoms with van der Waals surface area (Å²) in [5.74, 6) is -0.495. The Labute approximate surface area is 117 Å². The molecule has 6 heteroatoms. The highest BCUT2D eigenvalue weighted by Crippen LogP contribution is 2.25. The number of carboxylic acid groups (broad SMARTS) is 1. The van der Waals surface area contributed by atoms with Gasteiger partial charge in [-0.3, -0.25) is 4.79 Å². The zero-order valence-corrected chi connectivity index (χ0v) is 12.0. The van der Waals surface area contributed by atoms with Crippen molar-refractivity contribution < 1.29 is 19.2 Å². The van der Waals surface area contributed by atoms with Crippen LogP contribution in [0.25, 0.3) is 0 Å². The Morgan fingerprint density at radius 1 is 1.45 bits per heavy atom.